The van der Waals surface area contributed by atoms with E-state index in [2.05, 4.69) is 9.47 Å². The molecule has 1 aromatic rings. The van der Waals surface area contributed by atoms with Gasteiger partial charge in [0.25, 0.3) is 0 Å². The Kier molecular flexibility index (Phi) is 4.80. The van der Waals surface area contributed by atoms with Crippen LogP contribution in [-0.4, -0.2) is 33.7 Å². The van der Waals surface area contributed by atoms with Gasteiger partial charge in [0.2, 0.25) is 0 Å². The predicted molar refractivity (Wildman–Crippen MR) is 57.0 cm³/mol. The summed E-state index contributed by atoms with van der Waals surface area (Å²) in [7, 11) is 1.22. The molecule has 7 heteroatoms. The Balaban J connectivity index is 2.80. The highest BCUT2D eigenvalue weighted by Crippen LogP contribution is 2.08. The number of rotatable bonds is 4. The number of esters is 2. The van der Waals surface area contributed by atoms with Gasteiger partial charge < -0.3 is 14.0 Å². The molecule has 0 saturated carbocycles. The van der Waals surface area contributed by atoms with Gasteiger partial charge in [0.05, 0.1) is 18.2 Å². The minimum absolute atomic E-state index is 0.0818. The highest BCUT2D eigenvalue weighted by molar-refractivity contribution is 7.78. The molecule has 0 aliphatic rings. The first-order valence-electron chi connectivity index (χ1n) is 4.46. The van der Waals surface area contributed by atoms with Gasteiger partial charge in [-0.3, -0.25) is 4.21 Å². The molecule has 6 nitrogen and oxygen atoms in total. The number of ether oxygens (including phenoxy) is 2. The molecule has 1 aromatic carbocycles. The predicted octanol–water partition coefficient (Wildman–Crippen LogP) is 0.467. The van der Waals surface area contributed by atoms with Crippen molar-refractivity contribution in [1.82, 2.24) is 0 Å². The van der Waals surface area contributed by atoms with E-state index in [1.54, 1.807) is 0 Å². The summed E-state index contributed by atoms with van der Waals surface area (Å²) in [6.07, 6.45) is 0. The molecule has 0 radical (unpaired) electrons. The van der Waals surface area contributed by atoms with Gasteiger partial charge in [-0.25, -0.2) is 9.59 Å². The fourth-order valence-corrected chi connectivity index (χ4v) is 1.28. The summed E-state index contributed by atoms with van der Waals surface area (Å²) in [6, 6.07) is 5.61. The molecule has 1 atom stereocenters. The van der Waals surface area contributed by atoms with Gasteiger partial charge in [-0.2, -0.15) is 0 Å². The quantitative estimate of drug-likeness (QED) is 0.575. The SMILES string of the molecule is COC(=O)c1cccc(C(=O)OCS(=O)[O-])c1. The molecule has 0 aliphatic carbocycles. The van der Waals surface area contributed by atoms with E-state index in [0.717, 1.165) is 0 Å². The fraction of sp³-hybridized carbons (Fsp3) is 0.200. The first-order chi connectivity index (χ1) is 8.04. The van der Waals surface area contributed by atoms with Crippen LogP contribution in [0, 0.1) is 0 Å². The van der Waals surface area contributed by atoms with Gasteiger partial charge in [-0.05, 0) is 29.3 Å². The zero-order valence-corrected chi connectivity index (χ0v) is 9.69. The number of benzene rings is 1. The lowest BCUT2D eigenvalue weighted by Gasteiger charge is -2.07. The lowest BCUT2D eigenvalue weighted by atomic mass is 10.1. The van der Waals surface area contributed by atoms with Crippen molar-refractivity contribution in [3.63, 3.8) is 0 Å². The Bertz CT molecular complexity index is 456. The Morgan fingerprint density at radius 3 is 2.41 bits per heavy atom. The largest absolute Gasteiger partial charge is 0.770 e. The van der Waals surface area contributed by atoms with Crippen LogP contribution in [0.3, 0.4) is 0 Å². The second-order valence-electron chi connectivity index (χ2n) is 2.93. The maximum Gasteiger partial charge on any atom is 0.339 e. The van der Waals surface area contributed by atoms with Crippen LogP contribution in [0.2, 0.25) is 0 Å². The molecule has 1 unspecified atom stereocenters. The van der Waals surface area contributed by atoms with Crippen LogP contribution in [0.15, 0.2) is 24.3 Å². The molecule has 1 rings (SSSR count). The molecular weight excluding hydrogens is 248 g/mol. The number of hydrogen-bond donors (Lipinski definition) is 0. The minimum atomic E-state index is -2.46. The third kappa shape index (κ3) is 3.97. The molecule has 0 bridgehead atoms. The maximum atomic E-state index is 11.4. The van der Waals surface area contributed by atoms with Crippen molar-refractivity contribution in [3.05, 3.63) is 35.4 Å². The van der Waals surface area contributed by atoms with Crippen molar-refractivity contribution in [3.8, 4) is 0 Å². The van der Waals surface area contributed by atoms with E-state index in [1.165, 1.54) is 31.4 Å². The molecule has 0 aliphatic heterocycles. The summed E-state index contributed by atoms with van der Waals surface area (Å²) in [5.74, 6) is -2.13. The number of carbonyl (C=O) groups excluding carboxylic acids is 2. The molecule has 0 aromatic heterocycles. The summed E-state index contributed by atoms with van der Waals surface area (Å²) in [4.78, 5) is 22.5. The maximum absolute atomic E-state index is 11.4. The summed E-state index contributed by atoms with van der Waals surface area (Å²) in [6.45, 7) is 0. The third-order valence-electron chi connectivity index (χ3n) is 1.81. The first-order valence-corrected chi connectivity index (χ1v) is 5.70. The molecule has 0 heterocycles. The van der Waals surface area contributed by atoms with Crippen molar-refractivity contribution in [1.29, 1.82) is 0 Å². The van der Waals surface area contributed by atoms with Crippen LogP contribution in [0.4, 0.5) is 0 Å². The van der Waals surface area contributed by atoms with Crippen molar-refractivity contribution >= 4 is 23.0 Å². The van der Waals surface area contributed by atoms with E-state index in [-0.39, 0.29) is 11.1 Å². The fourth-order valence-electron chi connectivity index (χ4n) is 1.08. The zero-order valence-electron chi connectivity index (χ0n) is 8.87. The van der Waals surface area contributed by atoms with Crippen molar-refractivity contribution in [2.45, 2.75) is 0 Å². The normalized spacial score (nSPS) is 11.6. The van der Waals surface area contributed by atoms with Crippen molar-refractivity contribution < 1.29 is 27.8 Å². The lowest BCUT2D eigenvalue weighted by Crippen LogP contribution is -2.11. The average molecular weight is 257 g/mol. The van der Waals surface area contributed by atoms with E-state index in [0.29, 0.717) is 0 Å². The van der Waals surface area contributed by atoms with E-state index in [9.17, 15) is 18.4 Å². The summed E-state index contributed by atoms with van der Waals surface area (Å²) < 4.78 is 29.3. The van der Waals surface area contributed by atoms with E-state index in [1.807, 2.05) is 0 Å². The van der Waals surface area contributed by atoms with Crippen molar-refractivity contribution in [2.24, 2.45) is 0 Å². The molecule has 0 spiro atoms. The molecular formula is C10H9O6S-. The van der Waals surface area contributed by atoms with Gasteiger partial charge in [0.1, 0.15) is 0 Å². The Labute approximate surface area is 99.8 Å². The van der Waals surface area contributed by atoms with Gasteiger partial charge in [0, 0.05) is 0 Å². The topological polar surface area (TPSA) is 92.7 Å². The number of hydrogen-bond acceptors (Lipinski definition) is 6. The van der Waals surface area contributed by atoms with Crippen LogP contribution >= 0.6 is 0 Å². The first kappa shape index (κ1) is 13.3. The Morgan fingerprint density at radius 2 is 1.88 bits per heavy atom. The van der Waals surface area contributed by atoms with Crippen LogP contribution in [-0.2, 0) is 20.6 Å². The molecule has 0 amide bonds. The van der Waals surface area contributed by atoms with Crippen LogP contribution in [0.1, 0.15) is 20.7 Å². The summed E-state index contributed by atoms with van der Waals surface area (Å²) in [5, 5.41) is 0. The zero-order chi connectivity index (χ0) is 12.8. The highest BCUT2D eigenvalue weighted by atomic mass is 32.2. The second-order valence-corrected chi connectivity index (χ2v) is 3.77. The molecule has 17 heavy (non-hydrogen) atoms. The molecule has 0 N–H and O–H groups in total. The minimum Gasteiger partial charge on any atom is -0.770 e. The molecule has 0 fully saturated rings. The standard InChI is InChI=1S/C10H10O6S/c1-15-9(11)7-3-2-4-8(5-7)10(12)16-6-17(13)14/h2-5H,6H2,1H3,(H,13,14)/p-1. The second kappa shape index (κ2) is 6.12. The van der Waals surface area contributed by atoms with Crippen molar-refractivity contribution in [2.75, 3.05) is 13.0 Å². The van der Waals surface area contributed by atoms with Gasteiger partial charge in [-0.1, -0.05) is 6.07 Å². The molecule has 92 valence electrons. The Hall–Kier alpha value is -1.73. The smallest absolute Gasteiger partial charge is 0.339 e. The third-order valence-corrected chi connectivity index (χ3v) is 2.12. The van der Waals surface area contributed by atoms with E-state index >= 15 is 0 Å². The van der Waals surface area contributed by atoms with Crippen LogP contribution in [0.5, 0.6) is 0 Å². The number of carbonyl (C=O) groups is 2. The summed E-state index contributed by atoms with van der Waals surface area (Å²) >= 11 is -2.46. The van der Waals surface area contributed by atoms with Crippen LogP contribution in [0.25, 0.3) is 0 Å². The van der Waals surface area contributed by atoms with Gasteiger partial charge in [-0.15, -0.1) is 0 Å². The number of methoxy groups -OCH3 is 1. The average Bonchev–Trinajstić information content (AvgIpc) is 2.35. The Morgan fingerprint density at radius 1 is 1.29 bits per heavy atom. The van der Waals surface area contributed by atoms with E-state index < -0.39 is 29.0 Å². The van der Waals surface area contributed by atoms with Gasteiger partial charge >= 0.3 is 11.9 Å². The monoisotopic (exact) mass is 257 g/mol. The summed E-state index contributed by atoms with van der Waals surface area (Å²) in [5.41, 5.74) is 0.267. The van der Waals surface area contributed by atoms with Crippen LogP contribution < -0.4 is 0 Å². The highest BCUT2D eigenvalue weighted by Gasteiger charge is 2.11. The van der Waals surface area contributed by atoms with E-state index in [4.69, 9.17) is 0 Å². The molecule has 0 saturated heterocycles. The van der Waals surface area contributed by atoms with Gasteiger partial charge in [0.15, 0.2) is 5.94 Å². The lowest BCUT2D eigenvalue weighted by molar-refractivity contribution is 0.0569.